The maximum absolute atomic E-state index is 3.26. The van der Waals surface area contributed by atoms with E-state index in [4.69, 9.17) is 0 Å². The van der Waals surface area contributed by atoms with Crippen molar-refractivity contribution in [3.05, 3.63) is 113 Å². The van der Waals surface area contributed by atoms with Crippen molar-refractivity contribution in [2.24, 2.45) is 11.3 Å². The van der Waals surface area contributed by atoms with Crippen LogP contribution in [0.1, 0.15) is 85.9 Å². The van der Waals surface area contributed by atoms with Gasteiger partial charge in [-0.2, -0.15) is 11.6 Å². The molecule has 0 aliphatic heterocycles. The molecule has 0 heterocycles. The van der Waals surface area contributed by atoms with E-state index < -0.39 is 0 Å². The number of allylic oxidation sites excluding steroid dienone is 4. The van der Waals surface area contributed by atoms with E-state index >= 15 is 0 Å². The molecule has 1 aliphatic carbocycles. The zero-order valence-corrected chi connectivity index (χ0v) is 30.5. The molecule has 0 spiro atoms. The minimum atomic E-state index is 0. The van der Waals surface area contributed by atoms with Gasteiger partial charge in [0.15, 0.2) is 0 Å². The number of hydrogen-bond acceptors (Lipinski definition) is 0. The summed E-state index contributed by atoms with van der Waals surface area (Å²) < 4.78 is 2.17. The molecule has 0 radical (unpaired) electrons. The van der Waals surface area contributed by atoms with Crippen molar-refractivity contribution >= 4 is 25.3 Å². The Bertz CT molecular complexity index is 1400. The SMILES string of the molecule is CC(C)(C)c1ccc2c(c1)[cH-]c1cc(C(C)(C)C)ccc12.CC1[C-]=CC(C(C)(C)C)=C1.[Cl-].[Cl-].[Zr+2]=[CH]c1ccccc1. The van der Waals surface area contributed by atoms with E-state index in [1.165, 1.54) is 68.0 Å². The van der Waals surface area contributed by atoms with Gasteiger partial charge in [0, 0.05) is 0 Å². The van der Waals surface area contributed by atoms with Crippen LogP contribution >= 0.6 is 0 Å². The third kappa shape index (κ3) is 10.5. The van der Waals surface area contributed by atoms with Crippen LogP contribution in [0.5, 0.6) is 0 Å². The summed E-state index contributed by atoms with van der Waals surface area (Å²) in [5, 5.41) is 5.48. The Hall–Kier alpha value is -1.66. The number of fused-ring (bicyclic) bond motifs is 3. The molecule has 4 aromatic carbocycles. The van der Waals surface area contributed by atoms with Gasteiger partial charge in [-0.3, -0.25) is 6.08 Å². The summed E-state index contributed by atoms with van der Waals surface area (Å²) >= 11 is 1.46. The first-order valence-electron chi connectivity index (χ1n) is 14.1. The second-order valence-electron chi connectivity index (χ2n) is 13.8. The van der Waals surface area contributed by atoms with E-state index in [9.17, 15) is 0 Å². The first kappa shape index (κ1) is 37.4. The number of hydrogen-bond donors (Lipinski definition) is 0. The van der Waals surface area contributed by atoms with Gasteiger partial charge in [-0.15, -0.1) is 39.7 Å². The summed E-state index contributed by atoms with van der Waals surface area (Å²) in [7, 11) is 0. The van der Waals surface area contributed by atoms with Gasteiger partial charge in [0.05, 0.1) is 0 Å². The second kappa shape index (κ2) is 15.2. The molecule has 41 heavy (non-hydrogen) atoms. The number of rotatable bonds is 1. The third-order valence-corrected chi connectivity index (χ3v) is 8.02. The van der Waals surface area contributed by atoms with Gasteiger partial charge in [0.25, 0.3) is 0 Å². The third-order valence-electron chi connectivity index (χ3n) is 7.20. The first-order chi connectivity index (χ1) is 18.1. The predicted octanol–water partition coefficient (Wildman–Crippen LogP) is 4.67. The average Bonchev–Trinajstić information content (AvgIpc) is 3.47. The number of halogens is 2. The second-order valence-corrected chi connectivity index (χ2v) is 14.5. The van der Waals surface area contributed by atoms with Gasteiger partial charge in [0.1, 0.15) is 0 Å². The van der Waals surface area contributed by atoms with Crippen LogP contribution in [-0.4, -0.2) is 3.71 Å². The van der Waals surface area contributed by atoms with Crippen LogP contribution < -0.4 is 24.8 Å². The van der Waals surface area contributed by atoms with Crippen molar-refractivity contribution in [2.45, 2.75) is 80.1 Å². The van der Waals surface area contributed by atoms with Crippen LogP contribution in [0.3, 0.4) is 0 Å². The predicted molar refractivity (Wildman–Crippen MR) is 171 cm³/mol. The summed E-state index contributed by atoms with van der Waals surface area (Å²) in [6, 6.07) is 26.5. The molecule has 3 heteroatoms. The number of benzene rings is 3. The Kier molecular flexibility index (Phi) is 13.8. The van der Waals surface area contributed by atoms with Crippen molar-refractivity contribution < 1.29 is 49.0 Å². The van der Waals surface area contributed by atoms with Crippen molar-refractivity contribution in [2.75, 3.05) is 0 Å². The van der Waals surface area contributed by atoms with Crippen molar-refractivity contribution in [3.8, 4) is 0 Å². The molecule has 0 bridgehead atoms. The van der Waals surface area contributed by atoms with Crippen molar-refractivity contribution in [3.63, 3.8) is 0 Å². The van der Waals surface area contributed by atoms with Crippen molar-refractivity contribution in [1.29, 1.82) is 0 Å². The Labute approximate surface area is 277 Å². The van der Waals surface area contributed by atoms with E-state index in [0.717, 1.165) is 0 Å². The summed E-state index contributed by atoms with van der Waals surface area (Å²) in [6.07, 6.45) is 7.65. The summed E-state index contributed by atoms with van der Waals surface area (Å²) in [4.78, 5) is 0. The molecule has 218 valence electrons. The Morgan fingerprint density at radius 3 is 1.44 bits per heavy atom. The fourth-order valence-electron chi connectivity index (χ4n) is 4.56. The zero-order valence-electron chi connectivity index (χ0n) is 26.5. The summed E-state index contributed by atoms with van der Waals surface area (Å²) in [5.74, 6) is 0.522. The van der Waals surface area contributed by atoms with E-state index in [2.05, 4.69) is 158 Å². The van der Waals surface area contributed by atoms with Crippen molar-refractivity contribution in [1.82, 2.24) is 0 Å². The fraction of sp³-hybridized carbons (Fsp3) is 0.368. The van der Waals surface area contributed by atoms with Gasteiger partial charge in [-0.1, -0.05) is 116 Å². The van der Waals surface area contributed by atoms with Crippen LogP contribution in [0, 0.1) is 17.4 Å². The standard InChI is InChI=1S/C21H25.C10H15.C7H6.2ClH.Zr/c1-20(2,3)16-7-9-18-14(12-16)11-15-13-17(21(4,5)6)8-10-19(15)18;1-8-5-6-9(7-8)10(2,3)4;1-7-5-3-2-4-6-7;;;/h7-13H,1-6H3;6-8H,1-4H3;1-6H;2*1H;/q2*-1;;;;+2/p-2. The van der Waals surface area contributed by atoms with Gasteiger partial charge < -0.3 is 24.8 Å². The van der Waals surface area contributed by atoms with E-state index in [1.54, 1.807) is 0 Å². The molecule has 0 nitrogen and oxygen atoms in total. The van der Waals surface area contributed by atoms with Gasteiger partial charge in [0.2, 0.25) is 0 Å². The molecular weight excluding hydrogens is 619 g/mol. The molecule has 1 aliphatic rings. The molecule has 1 atom stereocenters. The van der Waals surface area contributed by atoms with E-state index in [-0.39, 0.29) is 35.6 Å². The molecule has 0 fully saturated rings. The van der Waals surface area contributed by atoms with Gasteiger partial charge >= 0.3 is 63.8 Å². The van der Waals surface area contributed by atoms with Crippen LogP contribution in [-0.2, 0) is 35.1 Å². The maximum atomic E-state index is 3.26. The quantitative estimate of drug-likeness (QED) is 0.260. The molecule has 0 aromatic heterocycles. The van der Waals surface area contributed by atoms with Gasteiger partial charge in [-0.05, 0) is 10.8 Å². The monoisotopic (exact) mass is 662 g/mol. The average molecular weight is 665 g/mol. The molecular formula is C38H46Cl2Zr-2. The molecule has 0 saturated heterocycles. The zero-order chi connectivity index (χ0) is 29.0. The Morgan fingerprint density at radius 2 is 1.15 bits per heavy atom. The van der Waals surface area contributed by atoms with Crippen LogP contribution in [0.15, 0.2) is 90.5 Å². The molecule has 5 rings (SSSR count). The van der Waals surface area contributed by atoms with E-state index in [1.807, 2.05) is 6.07 Å². The van der Waals surface area contributed by atoms with Gasteiger partial charge in [-0.25, -0.2) is 6.08 Å². The summed E-state index contributed by atoms with van der Waals surface area (Å²) in [5.41, 5.74) is 6.26. The summed E-state index contributed by atoms with van der Waals surface area (Å²) in [6.45, 7) is 22.5. The molecule has 1 unspecified atom stereocenters. The van der Waals surface area contributed by atoms with Crippen LogP contribution in [0.25, 0.3) is 21.5 Å². The normalized spacial score (nSPS) is 14.6. The topological polar surface area (TPSA) is 0 Å². The molecule has 0 amide bonds. The molecule has 4 aromatic rings. The van der Waals surface area contributed by atoms with Crippen LogP contribution in [0.4, 0.5) is 0 Å². The molecule has 0 saturated carbocycles. The van der Waals surface area contributed by atoms with E-state index in [0.29, 0.717) is 11.3 Å². The fourth-order valence-corrected chi connectivity index (χ4v) is 5.03. The van der Waals surface area contributed by atoms with Crippen LogP contribution in [0.2, 0.25) is 0 Å². The molecule has 0 N–H and O–H groups in total. The Balaban J connectivity index is 0.000000352. The first-order valence-corrected chi connectivity index (χ1v) is 15.5. The minimum absolute atomic E-state index is 0. The Morgan fingerprint density at radius 1 is 0.683 bits per heavy atom.